The van der Waals surface area contributed by atoms with Gasteiger partial charge in [-0.2, -0.15) is 0 Å². The van der Waals surface area contributed by atoms with Gasteiger partial charge in [0.15, 0.2) is 0 Å². The number of benzene rings is 1. The van der Waals surface area contributed by atoms with Crippen LogP contribution in [0.25, 0.3) is 0 Å². The highest BCUT2D eigenvalue weighted by Gasteiger charge is 2.10. The fourth-order valence-corrected chi connectivity index (χ4v) is 1.49. The van der Waals surface area contributed by atoms with Gasteiger partial charge in [-0.3, -0.25) is 4.79 Å². The Kier molecular flexibility index (Phi) is 5.13. The van der Waals surface area contributed by atoms with E-state index in [-0.39, 0.29) is 24.3 Å². The maximum Gasteiger partial charge on any atom is 0.239 e. The first-order valence-electron chi connectivity index (χ1n) is 6.19. The van der Waals surface area contributed by atoms with Gasteiger partial charge in [0.05, 0.1) is 6.54 Å². The van der Waals surface area contributed by atoms with Crippen molar-refractivity contribution in [3.05, 3.63) is 29.6 Å². The van der Waals surface area contributed by atoms with Crippen LogP contribution in [0.3, 0.4) is 0 Å². The van der Waals surface area contributed by atoms with Crippen molar-refractivity contribution in [2.75, 3.05) is 11.9 Å². The van der Waals surface area contributed by atoms with Crippen molar-refractivity contribution in [2.24, 2.45) is 5.92 Å². The van der Waals surface area contributed by atoms with Crippen LogP contribution in [-0.4, -0.2) is 18.5 Å². The fourth-order valence-electron chi connectivity index (χ4n) is 1.49. The molecule has 1 amide bonds. The summed E-state index contributed by atoms with van der Waals surface area (Å²) >= 11 is 0. The second-order valence-corrected chi connectivity index (χ2v) is 4.97. The average Bonchev–Trinajstić information content (AvgIpc) is 2.25. The van der Waals surface area contributed by atoms with E-state index in [9.17, 15) is 9.18 Å². The summed E-state index contributed by atoms with van der Waals surface area (Å²) in [6.45, 7) is 8.03. The van der Waals surface area contributed by atoms with Crippen LogP contribution >= 0.6 is 0 Å². The molecule has 1 unspecified atom stereocenters. The molecule has 1 aromatic carbocycles. The molecule has 1 atom stereocenters. The van der Waals surface area contributed by atoms with Crippen molar-refractivity contribution in [2.45, 2.75) is 33.7 Å². The van der Waals surface area contributed by atoms with Crippen LogP contribution < -0.4 is 10.6 Å². The number of carbonyl (C=O) groups is 1. The lowest BCUT2D eigenvalue weighted by Crippen LogP contribution is -2.39. The summed E-state index contributed by atoms with van der Waals surface area (Å²) in [6.07, 6.45) is 0. The minimum atomic E-state index is -0.298. The number of nitrogens with one attached hydrogen (secondary N) is 2. The van der Waals surface area contributed by atoms with Crippen molar-refractivity contribution >= 4 is 11.6 Å². The van der Waals surface area contributed by atoms with Crippen LogP contribution in [0.1, 0.15) is 26.3 Å². The van der Waals surface area contributed by atoms with Gasteiger partial charge in [0.25, 0.3) is 0 Å². The van der Waals surface area contributed by atoms with E-state index in [2.05, 4.69) is 10.6 Å². The Labute approximate surface area is 108 Å². The van der Waals surface area contributed by atoms with E-state index in [1.54, 1.807) is 0 Å². The molecule has 1 aromatic rings. The molecular formula is C14H21FN2O. The molecule has 3 nitrogen and oxygen atoms in total. The van der Waals surface area contributed by atoms with Crippen molar-refractivity contribution in [3.8, 4) is 0 Å². The van der Waals surface area contributed by atoms with Gasteiger partial charge in [-0.1, -0.05) is 13.8 Å². The van der Waals surface area contributed by atoms with Gasteiger partial charge in [0, 0.05) is 11.7 Å². The third-order valence-electron chi connectivity index (χ3n) is 2.88. The van der Waals surface area contributed by atoms with E-state index in [1.807, 2.05) is 33.8 Å². The summed E-state index contributed by atoms with van der Waals surface area (Å²) in [5, 5.41) is 5.80. The minimum Gasteiger partial charge on any atom is -0.376 e. The largest absolute Gasteiger partial charge is 0.376 e. The third kappa shape index (κ3) is 4.73. The Balaban J connectivity index is 2.47. The van der Waals surface area contributed by atoms with E-state index >= 15 is 0 Å². The standard InChI is InChI=1S/C14H21FN2O/c1-9(2)11(4)17-14(18)8-16-13-6-10(3)5-12(15)7-13/h5-7,9,11,16H,8H2,1-4H3,(H,17,18). The summed E-state index contributed by atoms with van der Waals surface area (Å²) in [6, 6.07) is 4.77. The number of rotatable bonds is 5. The van der Waals surface area contributed by atoms with Gasteiger partial charge < -0.3 is 10.6 Å². The molecule has 0 aromatic heterocycles. The quantitative estimate of drug-likeness (QED) is 0.846. The molecule has 0 fully saturated rings. The average molecular weight is 252 g/mol. The Morgan fingerprint density at radius 1 is 1.28 bits per heavy atom. The predicted molar refractivity (Wildman–Crippen MR) is 72.1 cm³/mol. The SMILES string of the molecule is Cc1cc(F)cc(NCC(=O)NC(C)C(C)C)c1. The Morgan fingerprint density at radius 2 is 1.94 bits per heavy atom. The van der Waals surface area contributed by atoms with Crippen LogP contribution in [0.4, 0.5) is 10.1 Å². The van der Waals surface area contributed by atoms with E-state index in [4.69, 9.17) is 0 Å². The number of aryl methyl sites for hydroxylation is 1. The van der Waals surface area contributed by atoms with Gasteiger partial charge in [-0.15, -0.1) is 0 Å². The van der Waals surface area contributed by atoms with E-state index in [1.165, 1.54) is 12.1 Å². The lowest BCUT2D eigenvalue weighted by Gasteiger charge is -2.17. The molecule has 100 valence electrons. The van der Waals surface area contributed by atoms with Crippen molar-refractivity contribution in [1.82, 2.24) is 5.32 Å². The lowest BCUT2D eigenvalue weighted by atomic mass is 10.1. The van der Waals surface area contributed by atoms with Crippen molar-refractivity contribution in [3.63, 3.8) is 0 Å². The van der Waals surface area contributed by atoms with Gasteiger partial charge in [-0.25, -0.2) is 4.39 Å². The molecule has 0 aliphatic carbocycles. The number of amides is 1. The number of anilines is 1. The molecule has 2 N–H and O–H groups in total. The van der Waals surface area contributed by atoms with Crippen LogP contribution in [-0.2, 0) is 4.79 Å². The normalized spacial score (nSPS) is 12.3. The predicted octanol–water partition coefficient (Wildman–Crippen LogP) is 2.71. The summed E-state index contributed by atoms with van der Waals surface area (Å²) < 4.78 is 13.1. The highest BCUT2D eigenvalue weighted by Crippen LogP contribution is 2.12. The summed E-state index contributed by atoms with van der Waals surface area (Å²) in [7, 11) is 0. The zero-order valence-corrected chi connectivity index (χ0v) is 11.4. The highest BCUT2D eigenvalue weighted by atomic mass is 19.1. The smallest absolute Gasteiger partial charge is 0.239 e. The van der Waals surface area contributed by atoms with E-state index in [0.717, 1.165) is 5.56 Å². The van der Waals surface area contributed by atoms with Crippen LogP contribution in [0.15, 0.2) is 18.2 Å². The third-order valence-corrected chi connectivity index (χ3v) is 2.88. The topological polar surface area (TPSA) is 41.1 Å². The summed E-state index contributed by atoms with van der Waals surface area (Å²) in [5.41, 5.74) is 1.45. The summed E-state index contributed by atoms with van der Waals surface area (Å²) in [5.74, 6) is 0.0111. The van der Waals surface area contributed by atoms with Gasteiger partial charge in [0.2, 0.25) is 5.91 Å². The zero-order valence-electron chi connectivity index (χ0n) is 11.4. The fraction of sp³-hybridized carbons (Fsp3) is 0.500. The molecule has 0 aliphatic rings. The second kappa shape index (κ2) is 6.38. The number of hydrogen-bond donors (Lipinski definition) is 2. The highest BCUT2D eigenvalue weighted by molar-refractivity contribution is 5.80. The van der Waals surface area contributed by atoms with Crippen molar-refractivity contribution in [1.29, 1.82) is 0 Å². The molecular weight excluding hydrogens is 231 g/mol. The van der Waals surface area contributed by atoms with Crippen LogP contribution in [0, 0.1) is 18.7 Å². The molecule has 0 spiro atoms. The second-order valence-electron chi connectivity index (χ2n) is 4.97. The first-order valence-corrected chi connectivity index (χ1v) is 6.19. The molecule has 0 bridgehead atoms. The maximum absolute atomic E-state index is 13.1. The lowest BCUT2D eigenvalue weighted by molar-refractivity contribution is -0.120. The van der Waals surface area contributed by atoms with Gasteiger partial charge in [-0.05, 0) is 43.5 Å². The van der Waals surface area contributed by atoms with E-state index < -0.39 is 0 Å². The van der Waals surface area contributed by atoms with Gasteiger partial charge >= 0.3 is 0 Å². The molecule has 1 rings (SSSR count). The summed E-state index contributed by atoms with van der Waals surface area (Å²) in [4.78, 5) is 11.6. The number of halogens is 1. The first-order chi connectivity index (χ1) is 8.38. The minimum absolute atomic E-state index is 0.0851. The molecule has 18 heavy (non-hydrogen) atoms. The molecule has 0 saturated heterocycles. The number of carbonyl (C=O) groups excluding carboxylic acids is 1. The Hall–Kier alpha value is -1.58. The Bertz CT molecular complexity index is 398. The molecule has 0 heterocycles. The van der Waals surface area contributed by atoms with E-state index in [0.29, 0.717) is 11.6 Å². The molecule has 0 radical (unpaired) electrons. The molecule has 4 heteroatoms. The van der Waals surface area contributed by atoms with Gasteiger partial charge in [0.1, 0.15) is 5.82 Å². The zero-order chi connectivity index (χ0) is 13.7. The molecule has 0 saturated carbocycles. The Morgan fingerprint density at radius 3 is 2.50 bits per heavy atom. The first kappa shape index (κ1) is 14.5. The number of hydrogen-bond acceptors (Lipinski definition) is 2. The molecule has 0 aliphatic heterocycles. The maximum atomic E-state index is 13.1. The van der Waals surface area contributed by atoms with Crippen molar-refractivity contribution < 1.29 is 9.18 Å². The van der Waals surface area contributed by atoms with Crippen LogP contribution in [0.2, 0.25) is 0 Å². The van der Waals surface area contributed by atoms with Crippen LogP contribution in [0.5, 0.6) is 0 Å². The monoisotopic (exact) mass is 252 g/mol.